The molecule has 1 atom stereocenters. The molecular formula is C25H30N4O4. The molecule has 2 aromatic heterocycles. The number of carbonyl (C=O) groups excluding carboxylic acids is 1. The first-order chi connectivity index (χ1) is 16.2. The lowest BCUT2D eigenvalue weighted by Crippen LogP contribution is -2.39. The Morgan fingerprint density at radius 2 is 1.58 bits per heavy atom. The van der Waals surface area contributed by atoms with Crippen molar-refractivity contribution in [3.05, 3.63) is 77.9 Å². The van der Waals surface area contributed by atoms with Crippen molar-refractivity contribution in [1.82, 2.24) is 20.6 Å². The van der Waals surface area contributed by atoms with E-state index in [1.165, 1.54) is 0 Å². The Labute approximate surface area is 194 Å². The van der Waals surface area contributed by atoms with Gasteiger partial charge in [-0.05, 0) is 59.9 Å². The number of hydrogen-bond donors (Lipinski definition) is 2. The van der Waals surface area contributed by atoms with Crippen LogP contribution in [0.1, 0.15) is 22.7 Å². The summed E-state index contributed by atoms with van der Waals surface area (Å²) in [5, 5.41) is 6.41. The SMILES string of the molecule is COc1cc(C(NCCc2cccnc2)C(=O)NCCc2ccncc2)cc(OC)c1OC. The summed E-state index contributed by atoms with van der Waals surface area (Å²) in [7, 11) is 4.66. The Morgan fingerprint density at radius 3 is 2.18 bits per heavy atom. The van der Waals surface area contributed by atoms with Crippen LogP contribution in [-0.4, -0.2) is 50.3 Å². The van der Waals surface area contributed by atoms with Crippen LogP contribution in [0.3, 0.4) is 0 Å². The standard InChI is InChI=1S/C25H30N4O4/c1-31-21-15-20(16-22(32-2)24(21)33-3)23(28-13-9-19-5-4-10-27-17-19)25(30)29-14-8-18-6-11-26-12-7-18/h4-7,10-12,15-17,23,28H,8-9,13-14H2,1-3H3,(H,29,30). The third-order valence-corrected chi connectivity index (χ3v) is 5.23. The smallest absolute Gasteiger partial charge is 0.241 e. The van der Waals surface area contributed by atoms with Crippen molar-refractivity contribution in [2.75, 3.05) is 34.4 Å². The highest BCUT2D eigenvalue weighted by molar-refractivity contribution is 5.83. The van der Waals surface area contributed by atoms with Crippen LogP contribution in [0.5, 0.6) is 17.2 Å². The lowest BCUT2D eigenvalue weighted by atomic mass is 10.0. The normalized spacial score (nSPS) is 11.5. The van der Waals surface area contributed by atoms with Crippen molar-refractivity contribution < 1.29 is 19.0 Å². The number of hydrogen-bond acceptors (Lipinski definition) is 7. The molecule has 33 heavy (non-hydrogen) atoms. The molecule has 0 aliphatic heterocycles. The topological polar surface area (TPSA) is 94.6 Å². The lowest BCUT2D eigenvalue weighted by molar-refractivity contribution is -0.123. The van der Waals surface area contributed by atoms with E-state index in [-0.39, 0.29) is 5.91 Å². The zero-order valence-corrected chi connectivity index (χ0v) is 19.2. The number of methoxy groups -OCH3 is 3. The van der Waals surface area contributed by atoms with E-state index in [9.17, 15) is 4.79 Å². The molecular weight excluding hydrogens is 420 g/mol. The van der Waals surface area contributed by atoms with Gasteiger partial charge in [0.15, 0.2) is 11.5 Å². The van der Waals surface area contributed by atoms with E-state index >= 15 is 0 Å². The molecule has 0 aliphatic rings. The molecule has 0 bridgehead atoms. The summed E-state index contributed by atoms with van der Waals surface area (Å²) in [5.41, 5.74) is 2.92. The molecule has 1 unspecified atom stereocenters. The first kappa shape index (κ1) is 24.0. The summed E-state index contributed by atoms with van der Waals surface area (Å²) < 4.78 is 16.4. The summed E-state index contributed by atoms with van der Waals surface area (Å²) in [5.74, 6) is 1.34. The molecule has 2 heterocycles. The maximum absolute atomic E-state index is 13.2. The van der Waals surface area contributed by atoms with Gasteiger partial charge in [-0.1, -0.05) is 6.07 Å². The molecule has 2 N–H and O–H groups in total. The molecule has 3 aromatic rings. The van der Waals surface area contributed by atoms with Gasteiger partial charge >= 0.3 is 0 Å². The van der Waals surface area contributed by atoms with Crippen LogP contribution in [0.25, 0.3) is 0 Å². The number of carbonyl (C=O) groups is 1. The van der Waals surface area contributed by atoms with E-state index in [0.717, 1.165) is 23.1 Å². The molecule has 0 saturated heterocycles. The fraction of sp³-hybridized carbons (Fsp3) is 0.320. The third kappa shape index (κ3) is 6.66. The predicted octanol–water partition coefficient (Wildman–Crippen LogP) is 2.73. The maximum Gasteiger partial charge on any atom is 0.241 e. The molecule has 1 amide bonds. The molecule has 174 valence electrons. The second kappa shape index (κ2) is 12.4. The molecule has 0 saturated carbocycles. The van der Waals surface area contributed by atoms with Gasteiger partial charge in [0, 0.05) is 37.9 Å². The van der Waals surface area contributed by atoms with Gasteiger partial charge < -0.3 is 24.8 Å². The Kier molecular flexibility index (Phi) is 9.02. The number of pyridine rings is 2. The largest absolute Gasteiger partial charge is 0.493 e. The first-order valence-electron chi connectivity index (χ1n) is 10.7. The number of nitrogens with zero attached hydrogens (tertiary/aromatic N) is 2. The van der Waals surface area contributed by atoms with Gasteiger partial charge in [0.1, 0.15) is 6.04 Å². The average Bonchev–Trinajstić information content (AvgIpc) is 2.86. The zero-order valence-electron chi connectivity index (χ0n) is 19.2. The van der Waals surface area contributed by atoms with E-state index in [2.05, 4.69) is 20.6 Å². The Morgan fingerprint density at radius 1 is 0.879 bits per heavy atom. The second-order valence-electron chi connectivity index (χ2n) is 7.35. The fourth-order valence-electron chi connectivity index (χ4n) is 3.52. The fourth-order valence-corrected chi connectivity index (χ4v) is 3.52. The van der Waals surface area contributed by atoms with Crippen molar-refractivity contribution in [1.29, 1.82) is 0 Å². The van der Waals surface area contributed by atoms with Crippen molar-refractivity contribution in [2.24, 2.45) is 0 Å². The number of benzene rings is 1. The Balaban J connectivity index is 1.77. The molecule has 3 rings (SSSR count). The van der Waals surface area contributed by atoms with Crippen LogP contribution in [-0.2, 0) is 17.6 Å². The average molecular weight is 451 g/mol. The van der Waals surface area contributed by atoms with Gasteiger partial charge in [-0.3, -0.25) is 14.8 Å². The van der Waals surface area contributed by atoms with Gasteiger partial charge in [0.05, 0.1) is 21.3 Å². The van der Waals surface area contributed by atoms with E-state index in [0.29, 0.717) is 36.8 Å². The minimum absolute atomic E-state index is 0.135. The third-order valence-electron chi connectivity index (χ3n) is 5.23. The van der Waals surface area contributed by atoms with Crippen LogP contribution in [0.2, 0.25) is 0 Å². The Bertz CT molecular complexity index is 990. The summed E-state index contributed by atoms with van der Waals surface area (Å²) in [6, 6.07) is 10.8. The predicted molar refractivity (Wildman–Crippen MR) is 126 cm³/mol. The quantitative estimate of drug-likeness (QED) is 0.438. The number of nitrogens with one attached hydrogen (secondary N) is 2. The van der Waals surface area contributed by atoms with Gasteiger partial charge in [-0.15, -0.1) is 0 Å². The van der Waals surface area contributed by atoms with Gasteiger partial charge in [0.2, 0.25) is 11.7 Å². The highest BCUT2D eigenvalue weighted by Crippen LogP contribution is 2.39. The van der Waals surface area contributed by atoms with E-state index < -0.39 is 6.04 Å². The highest BCUT2D eigenvalue weighted by Gasteiger charge is 2.24. The molecule has 0 radical (unpaired) electrons. The van der Waals surface area contributed by atoms with Gasteiger partial charge in [-0.25, -0.2) is 0 Å². The van der Waals surface area contributed by atoms with Crippen LogP contribution in [0.15, 0.2) is 61.2 Å². The molecule has 1 aromatic carbocycles. The number of aromatic nitrogens is 2. The van der Waals surface area contributed by atoms with Gasteiger partial charge in [-0.2, -0.15) is 0 Å². The summed E-state index contributed by atoms with van der Waals surface area (Å²) in [6.45, 7) is 1.10. The molecule has 0 spiro atoms. The van der Waals surface area contributed by atoms with Crippen LogP contribution in [0.4, 0.5) is 0 Å². The molecule has 8 nitrogen and oxygen atoms in total. The summed E-state index contributed by atoms with van der Waals surface area (Å²) in [4.78, 5) is 21.4. The molecule has 8 heteroatoms. The lowest BCUT2D eigenvalue weighted by Gasteiger charge is -2.21. The van der Waals surface area contributed by atoms with Crippen molar-refractivity contribution in [2.45, 2.75) is 18.9 Å². The zero-order chi connectivity index (χ0) is 23.5. The maximum atomic E-state index is 13.2. The Hall–Kier alpha value is -3.65. The van der Waals surface area contributed by atoms with Gasteiger partial charge in [0.25, 0.3) is 0 Å². The van der Waals surface area contributed by atoms with Crippen molar-refractivity contribution in [3.8, 4) is 17.2 Å². The first-order valence-corrected chi connectivity index (χ1v) is 10.7. The van der Waals surface area contributed by atoms with E-state index in [1.807, 2.05) is 30.5 Å². The number of ether oxygens (including phenoxy) is 3. The van der Waals surface area contributed by atoms with Crippen LogP contribution in [0, 0.1) is 0 Å². The monoisotopic (exact) mass is 450 g/mol. The van der Waals surface area contributed by atoms with E-state index in [4.69, 9.17) is 14.2 Å². The summed E-state index contributed by atoms with van der Waals surface area (Å²) >= 11 is 0. The second-order valence-corrected chi connectivity index (χ2v) is 7.35. The molecule has 0 aliphatic carbocycles. The summed E-state index contributed by atoms with van der Waals surface area (Å²) in [6.07, 6.45) is 8.51. The highest BCUT2D eigenvalue weighted by atomic mass is 16.5. The van der Waals surface area contributed by atoms with E-state index in [1.54, 1.807) is 52.1 Å². The number of rotatable bonds is 12. The van der Waals surface area contributed by atoms with Crippen LogP contribution >= 0.6 is 0 Å². The minimum atomic E-state index is -0.604. The van der Waals surface area contributed by atoms with Crippen molar-refractivity contribution in [3.63, 3.8) is 0 Å². The molecule has 0 fully saturated rings. The van der Waals surface area contributed by atoms with Crippen LogP contribution < -0.4 is 24.8 Å². The minimum Gasteiger partial charge on any atom is -0.493 e. The van der Waals surface area contributed by atoms with Crippen molar-refractivity contribution >= 4 is 5.91 Å². The number of amides is 1.